The topological polar surface area (TPSA) is 112 Å². The van der Waals surface area contributed by atoms with Gasteiger partial charge in [0, 0.05) is 5.56 Å². The van der Waals surface area contributed by atoms with E-state index in [-0.39, 0.29) is 12.4 Å². The molecular formula is C20H15N5O3. The highest BCUT2D eigenvalue weighted by atomic mass is 16.5. The second kappa shape index (κ2) is 6.63. The quantitative estimate of drug-likeness (QED) is 0.704. The number of nitrogens with one attached hydrogen (secondary N) is 1. The van der Waals surface area contributed by atoms with E-state index in [4.69, 9.17) is 9.78 Å². The van der Waals surface area contributed by atoms with E-state index in [2.05, 4.69) is 15.5 Å². The summed E-state index contributed by atoms with van der Waals surface area (Å²) in [4.78, 5) is 30.7. The molecule has 0 radical (unpaired) electrons. The number of carbonyl (C=O) groups is 2. The largest absolute Gasteiger partial charge is 0.334 e. The van der Waals surface area contributed by atoms with Gasteiger partial charge in [-0.2, -0.15) is 10.2 Å². The van der Waals surface area contributed by atoms with Crippen molar-refractivity contribution in [1.29, 1.82) is 5.26 Å². The molecule has 1 atom stereocenters. The number of amides is 3. The van der Waals surface area contributed by atoms with Crippen LogP contribution in [-0.4, -0.2) is 27.0 Å². The van der Waals surface area contributed by atoms with Crippen LogP contribution < -0.4 is 5.32 Å². The molecule has 2 aromatic carbocycles. The second-order valence-corrected chi connectivity index (χ2v) is 6.52. The molecule has 3 amide bonds. The zero-order chi connectivity index (χ0) is 19.7. The average molecular weight is 373 g/mol. The van der Waals surface area contributed by atoms with E-state index in [1.165, 1.54) is 0 Å². The Bertz CT molecular complexity index is 1090. The predicted molar refractivity (Wildman–Crippen MR) is 97.3 cm³/mol. The molecule has 1 fully saturated rings. The van der Waals surface area contributed by atoms with Gasteiger partial charge in [0.2, 0.25) is 0 Å². The van der Waals surface area contributed by atoms with Gasteiger partial charge in [0.15, 0.2) is 5.82 Å². The van der Waals surface area contributed by atoms with Gasteiger partial charge >= 0.3 is 6.03 Å². The summed E-state index contributed by atoms with van der Waals surface area (Å²) in [6.07, 6.45) is 0. The number of nitrogens with zero attached hydrogens (tertiary/aromatic N) is 4. The van der Waals surface area contributed by atoms with E-state index >= 15 is 0 Å². The van der Waals surface area contributed by atoms with Crippen molar-refractivity contribution in [2.45, 2.75) is 19.0 Å². The van der Waals surface area contributed by atoms with Crippen LogP contribution in [0.4, 0.5) is 4.79 Å². The van der Waals surface area contributed by atoms with Gasteiger partial charge in [0.1, 0.15) is 5.54 Å². The van der Waals surface area contributed by atoms with Gasteiger partial charge in [-0.3, -0.25) is 9.69 Å². The van der Waals surface area contributed by atoms with Crippen molar-refractivity contribution in [2.24, 2.45) is 0 Å². The summed E-state index contributed by atoms with van der Waals surface area (Å²) in [7, 11) is 0. The van der Waals surface area contributed by atoms with E-state index < -0.39 is 17.5 Å². The molecule has 8 nitrogen and oxygen atoms in total. The number of carbonyl (C=O) groups excluding carboxylic acids is 2. The molecule has 1 N–H and O–H groups in total. The third-order valence-electron chi connectivity index (χ3n) is 4.65. The number of hydrogen-bond acceptors (Lipinski definition) is 6. The van der Waals surface area contributed by atoms with Gasteiger partial charge in [-0.15, -0.1) is 0 Å². The van der Waals surface area contributed by atoms with Crippen LogP contribution in [0.15, 0.2) is 59.1 Å². The fourth-order valence-electron chi connectivity index (χ4n) is 3.07. The highest BCUT2D eigenvalue weighted by Gasteiger charge is 2.49. The van der Waals surface area contributed by atoms with Gasteiger partial charge in [0.05, 0.1) is 18.2 Å². The highest BCUT2D eigenvalue weighted by Crippen LogP contribution is 2.30. The van der Waals surface area contributed by atoms with Crippen LogP contribution in [0.3, 0.4) is 0 Å². The Kier molecular flexibility index (Phi) is 4.12. The van der Waals surface area contributed by atoms with Gasteiger partial charge < -0.3 is 9.84 Å². The van der Waals surface area contributed by atoms with Crippen LogP contribution in [-0.2, 0) is 16.9 Å². The van der Waals surface area contributed by atoms with Crippen molar-refractivity contribution in [1.82, 2.24) is 20.4 Å². The first kappa shape index (κ1) is 17.4. The smallest absolute Gasteiger partial charge is 0.325 e. The molecule has 138 valence electrons. The lowest BCUT2D eigenvalue weighted by molar-refractivity contribution is -0.131. The van der Waals surface area contributed by atoms with Gasteiger partial charge in [-0.05, 0) is 36.8 Å². The van der Waals surface area contributed by atoms with Crippen molar-refractivity contribution in [3.63, 3.8) is 0 Å². The molecule has 0 spiro atoms. The van der Waals surface area contributed by atoms with Crippen LogP contribution in [0.2, 0.25) is 0 Å². The molecule has 3 aromatic rings. The van der Waals surface area contributed by atoms with E-state index in [0.29, 0.717) is 17.0 Å². The molecule has 1 unspecified atom stereocenters. The molecule has 4 rings (SSSR count). The SMILES string of the molecule is CC1(c2ccc(C#N)cc2)NC(=O)N(Cc2noc(-c3ccccc3)n2)C1=O. The monoisotopic (exact) mass is 373 g/mol. The van der Waals surface area contributed by atoms with Crippen LogP contribution >= 0.6 is 0 Å². The Morgan fingerprint density at radius 3 is 2.54 bits per heavy atom. The molecule has 1 saturated heterocycles. The first-order chi connectivity index (χ1) is 13.5. The second-order valence-electron chi connectivity index (χ2n) is 6.52. The van der Waals surface area contributed by atoms with Crippen molar-refractivity contribution < 1.29 is 14.1 Å². The Morgan fingerprint density at radius 2 is 1.86 bits per heavy atom. The number of hydrogen-bond donors (Lipinski definition) is 1. The molecule has 1 aliphatic rings. The third kappa shape index (κ3) is 2.89. The summed E-state index contributed by atoms with van der Waals surface area (Å²) >= 11 is 0. The molecule has 0 bridgehead atoms. The maximum Gasteiger partial charge on any atom is 0.325 e. The van der Waals surface area contributed by atoms with Crippen LogP contribution in [0, 0.1) is 11.3 Å². The molecule has 0 aliphatic carbocycles. The van der Waals surface area contributed by atoms with Crippen LogP contribution in [0.1, 0.15) is 23.9 Å². The molecule has 0 saturated carbocycles. The minimum Gasteiger partial charge on any atom is -0.334 e. The number of rotatable bonds is 4. The van der Waals surface area contributed by atoms with Crippen LogP contribution in [0.5, 0.6) is 0 Å². The predicted octanol–water partition coefficient (Wildman–Crippen LogP) is 2.58. The van der Waals surface area contributed by atoms with E-state index in [0.717, 1.165) is 10.5 Å². The normalized spacial score (nSPS) is 18.8. The Hall–Kier alpha value is -3.99. The summed E-state index contributed by atoms with van der Waals surface area (Å²) in [5.74, 6) is 0.122. The molecular weight excluding hydrogens is 358 g/mol. The fraction of sp³-hybridized carbons (Fsp3) is 0.150. The Labute approximate surface area is 160 Å². The number of imide groups is 1. The zero-order valence-corrected chi connectivity index (χ0v) is 14.9. The summed E-state index contributed by atoms with van der Waals surface area (Å²) in [6, 6.07) is 17.2. The standard InChI is InChI=1S/C20H15N5O3/c1-20(15-9-7-13(11-21)8-10-15)18(26)25(19(27)23-20)12-16-22-17(28-24-16)14-5-3-2-4-6-14/h2-10H,12H2,1H3,(H,23,27). The maximum absolute atomic E-state index is 13.0. The maximum atomic E-state index is 13.0. The molecule has 8 heteroatoms. The highest BCUT2D eigenvalue weighted by molar-refractivity contribution is 6.07. The number of urea groups is 1. The molecule has 1 aromatic heterocycles. The summed E-state index contributed by atoms with van der Waals surface area (Å²) in [6.45, 7) is 1.52. The molecule has 28 heavy (non-hydrogen) atoms. The van der Waals surface area contributed by atoms with E-state index in [1.807, 2.05) is 36.4 Å². The number of aromatic nitrogens is 2. The molecule has 2 heterocycles. The lowest BCUT2D eigenvalue weighted by Crippen LogP contribution is -2.40. The summed E-state index contributed by atoms with van der Waals surface area (Å²) in [5.41, 5.74) is 0.587. The van der Waals surface area contributed by atoms with Gasteiger partial charge in [-0.25, -0.2) is 4.79 Å². The van der Waals surface area contributed by atoms with Crippen molar-refractivity contribution in [3.8, 4) is 17.5 Å². The molecule has 1 aliphatic heterocycles. The fourth-order valence-corrected chi connectivity index (χ4v) is 3.07. The minimum atomic E-state index is -1.23. The average Bonchev–Trinajstić information content (AvgIpc) is 3.28. The first-order valence-corrected chi connectivity index (χ1v) is 8.54. The summed E-state index contributed by atoms with van der Waals surface area (Å²) < 4.78 is 5.23. The first-order valence-electron chi connectivity index (χ1n) is 8.54. The van der Waals surface area contributed by atoms with Crippen molar-refractivity contribution in [3.05, 3.63) is 71.5 Å². The minimum absolute atomic E-state index is 0.104. The summed E-state index contributed by atoms with van der Waals surface area (Å²) in [5, 5.41) is 15.5. The Balaban J connectivity index is 1.56. The van der Waals surface area contributed by atoms with E-state index in [1.54, 1.807) is 31.2 Å². The number of nitriles is 1. The van der Waals surface area contributed by atoms with E-state index in [9.17, 15) is 9.59 Å². The lowest BCUT2D eigenvalue weighted by atomic mass is 9.91. The van der Waals surface area contributed by atoms with Crippen molar-refractivity contribution >= 4 is 11.9 Å². The van der Waals surface area contributed by atoms with Gasteiger partial charge in [-0.1, -0.05) is 35.5 Å². The van der Waals surface area contributed by atoms with Crippen molar-refractivity contribution in [2.75, 3.05) is 0 Å². The number of benzene rings is 2. The third-order valence-corrected chi connectivity index (χ3v) is 4.65. The lowest BCUT2D eigenvalue weighted by Gasteiger charge is -2.22. The van der Waals surface area contributed by atoms with Gasteiger partial charge in [0.25, 0.3) is 11.8 Å². The van der Waals surface area contributed by atoms with Crippen LogP contribution in [0.25, 0.3) is 11.5 Å². The Morgan fingerprint density at radius 1 is 1.14 bits per heavy atom. The zero-order valence-electron chi connectivity index (χ0n) is 14.9.